The molecule has 32 heavy (non-hydrogen) atoms. The fourth-order valence-electron chi connectivity index (χ4n) is 3.39. The van der Waals surface area contributed by atoms with Gasteiger partial charge < -0.3 is 25.4 Å². The zero-order chi connectivity index (χ0) is 24.3. The molecule has 10 heteroatoms. The van der Waals surface area contributed by atoms with Crippen molar-refractivity contribution in [3.8, 4) is 0 Å². The van der Waals surface area contributed by atoms with Crippen LogP contribution in [0.2, 0.25) is 0 Å². The number of carbonyl (C=O) groups is 4. The highest BCUT2D eigenvalue weighted by molar-refractivity contribution is 7.98. The largest absolute Gasteiger partial charge is 0.467 e. The molecule has 3 N–H and O–H groups in total. The average Bonchev–Trinajstić information content (AvgIpc) is 3.20. The first-order valence-electron chi connectivity index (χ1n) is 11.2. The lowest BCUT2D eigenvalue weighted by atomic mass is 9.98. The predicted molar refractivity (Wildman–Crippen MR) is 124 cm³/mol. The van der Waals surface area contributed by atoms with Crippen LogP contribution in [0.15, 0.2) is 0 Å². The molecule has 1 saturated heterocycles. The van der Waals surface area contributed by atoms with E-state index in [9.17, 15) is 19.2 Å². The van der Waals surface area contributed by atoms with Crippen molar-refractivity contribution in [3.05, 3.63) is 0 Å². The predicted octanol–water partition coefficient (Wildman–Crippen LogP) is 1.25. The lowest BCUT2D eigenvalue weighted by Gasteiger charge is -2.29. The van der Waals surface area contributed by atoms with Crippen LogP contribution >= 0.6 is 11.8 Å². The van der Waals surface area contributed by atoms with Crippen LogP contribution in [0.25, 0.3) is 0 Å². The highest BCUT2D eigenvalue weighted by Gasteiger charge is 2.32. The van der Waals surface area contributed by atoms with E-state index >= 15 is 0 Å². The molecule has 9 nitrogen and oxygen atoms in total. The molecule has 0 radical (unpaired) electrons. The van der Waals surface area contributed by atoms with Gasteiger partial charge in [0, 0.05) is 6.42 Å². The van der Waals surface area contributed by atoms with E-state index in [1.54, 1.807) is 11.8 Å². The van der Waals surface area contributed by atoms with E-state index in [4.69, 9.17) is 9.47 Å². The molecule has 1 rings (SSSR count). The number of methoxy groups -OCH3 is 1. The minimum absolute atomic E-state index is 0.108. The second-order valence-corrected chi connectivity index (χ2v) is 9.51. The van der Waals surface area contributed by atoms with Crippen molar-refractivity contribution in [3.63, 3.8) is 0 Å². The van der Waals surface area contributed by atoms with Crippen LogP contribution in [0.1, 0.15) is 53.4 Å². The maximum atomic E-state index is 12.9. The van der Waals surface area contributed by atoms with Crippen molar-refractivity contribution in [2.45, 2.75) is 77.6 Å². The molecule has 0 saturated carbocycles. The molecule has 0 spiro atoms. The highest BCUT2D eigenvalue weighted by atomic mass is 32.2. The van der Waals surface area contributed by atoms with E-state index in [-0.39, 0.29) is 42.2 Å². The molecule has 0 aromatic carbocycles. The molecular weight excluding hydrogens is 434 g/mol. The van der Waals surface area contributed by atoms with Crippen LogP contribution in [0.4, 0.5) is 0 Å². The van der Waals surface area contributed by atoms with Crippen LogP contribution in [0.5, 0.6) is 0 Å². The third-order valence-corrected chi connectivity index (χ3v) is 6.35. The summed E-state index contributed by atoms with van der Waals surface area (Å²) >= 11 is 1.58. The molecule has 0 aliphatic carbocycles. The fraction of sp³-hybridized carbons (Fsp3) is 0.818. The Kier molecular flexibility index (Phi) is 12.7. The Morgan fingerprint density at radius 1 is 1.22 bits per heavy atom. The Labute approximate surface area is 195 Å². The van der Waals surface area contributed by atoms with Gasteiger partial charge in [-0.05, 0) is 36.7 Å². The van der Waals surface area contributed by atoms with E-state index in [0.29, 0.717) is 25.0 Å². The summed E-state index contributed by atoms with van der Waals surface area (Å²) in [4.78, 5) is 49.0. The van der Waals surface area contributed by atoms with Crippen LogP contribution < -0.4 is 16.0 Å². The third kappa shape index (κ3) is 8.97. The number of hydrogen-bond donors (Lipinski definition) is 3. The standard InChI is InChI=1S/C22H39N3O6S/c1-7-14(4)17(25-20(27)15-8-9-18(26)23-15)12-31-19(13(2)3)21(28)24-16(10-11-32-6)22(29)30-5/h13-17,19H,7-12H2,1-6H3,(H,23,26)(H,24,28)(H,25,27)/t14-,15-,16-,17+,19?/m0/s1. The minimum atomic E-state index is -0.786. The number of nitrogens with one attached hydrogen (secondary N) is 3. The molecule has 1 aliphatic rings. The quantitative estimate of drug-likeness (QED) is 0.325. The molecule has 5 atom stereocenters. The van der Waals surface area contributed by atoms with Crippen molar-refractivity contribution < 1.29 is 28.7 Å². The van der Waals surface area contributed by atoms with E-state index in [2.05, 4.69) is 16.0 Å². The Morgan fingerprint density at radius 2 is 1.91 bits per heavy atom. The summed E-state index contributed by atoms with van der Waals surface area (Å²) < 4.78 is 10.8. The summed E-state index contributed by atoms with van der Waals surface area (Å²) in [6.07, 6.45) is 3.23. The van der Waals surface area contributed by atoms with Gasteiger partial charge >= 0.3 is 5.97 Å². The summed E-state index contributed by atoms with van der Waals surface area (Å²) in [5.41, 5.74) is 0. The van der Waals surface area contributed by atoms with Gasteiger partial charge in [0.15, 0.2) is 0 Å². The minimum Gasteiger partial charge on any atom is -0.467 e. The van der Waals surface area contributed by atoms with Gasteiger partial charge in [0.25, 0.3) is 0 Å². The topological polar surface area (TPSA) is 123 Å². The molecular formula is C22H39N3O6S. The first-order chi connectivity index (χ1) is 15.1. The van der Waals surface area contributed by atoms with E-state index in [1.165, 1.54) is 7.11 Å². The molecule has 3 amide bonds. The summed E-state index contributed by atoms with van der Waals surface area (Å²) in [5.74, 6) is -0.565. The molecule has 1 unspecified atom stereocenters. The fourth-order valence-corrected chi connectivity index (χ4v) is 3.86. The number of carbonyl (C=O) groups excluding carboxylic acids is 4. The second kappa shape index (κ2) is 14.4. The Morgan fingerprint density at radius 3 is 2.41 bits per heavy atom. The van der Waals surface area contributed by atoms with Crippen molar-refractivity contribution in [1.82, 2.24) is 16.0 Å². The van der Waals surface area contributed by atoms with E-state index < -0.39 is 24.2 Å². The molecule has 0 aromatic rings. The Bertz CT molecular complexity index is 645. The summed E-state index contributed by atoms with van der Waals surface area (Å²) in [6, 6.07) is -1.58. The SMILES string of the molecule is CC[C@H](C)[C@@H](COC(C(=O)N[C@@H](CCSC)C(=O)OC)C(C)C)NC(=O)[C@@H]1CCC(=O)N1. The third-order valence-electron chi connectivity index (χ3n) is 5.70. The van der Waals surface area contributed by atoms with Crippen molar-refractivity contribution >= 4 is 35.5 Å². The van der Waals surface area contributed by atoms with Gasteiger partial charge in [0.2, 0.25) is 17.7 Å². The van der Waals surface area contributed by atoms with Gasteiger partial charge in [-0.3, -0.25) is 14.4 Å². The van der Waals surface area contributed by atoms with Gasteiger partial charge in [-0.25, -0.2) is 4.79 Å². The zero-order valence-corrected chi connectivity index (χ0v) is 20.9. The van der Waals surface area contributed by atoms with Crippen LogP contribution in [0.3, 0.4) is 0 Å². The van der Waals surface area contributed by atoms with Gasteiger partial charge in [0.05, 0.1) is 19.8 Å². The Hall–Kier alpha value is -1.81. The number of thioether (sulfide) groups is 1. The van der Waals surface area contributed by atoms with Crippen molar-refractivity contribution in [1.29, 1.82) is 0 Å². The molecule has 0 bridgehead atoms. The van der Waals surface area contributed by atoms with Crippen molar-refractivity contribution in [2.24, 2.45) is 11.8 Å². The van der Waals surface area contributed by atoms with Crippen LogP contribution in [0, 0.1) is 11.8 Å². The monoisotopic (exact) mass is 473 g/mol. The van der Waals surface area contributed by atoms with Crippen LogP contribution in [-0.2, 0) is 28.7 Å². The van der Waals surface area contributed by atoms with Gasteiger partial charge in [-0.2, -0.15) is 11.8 Å². The zero-order valence-electron chi connectivity index (χ0n) is 20.1. The first kappa shape index (κ1) is 28.2. The van der Waals surface area contributed by atoms with Crippen LogP contribution in [-0.4, -0.2) is 73.6 Å². The normalized spacial score (nSPS) is 19.6. The van der Waals surface area contributed by atoms with Crippen molar-refractivity contribution in [2.75, 3.05) is 25.7 Å². The average molecular weight is 474 g/mol. The summed E-state index contributed by atoms with van der Waals surface area (Å²) in [7, 11) is 1.29. The van der Waals surface area contributed by atoms with Gasteiger partial charge in [0.1, 0.15) is 18.2 Å². The number of amides is 3. The van der Waals surface area contributed by atoms with Gasteiger partial charge in [-0.15, -0.1) is 0 Å². The summed E-state index contributed by atoms with van der Waals surface area (Å²) in [5, 5.41) is 8.40. The van der Waals surface area contributed by atoms with E-state index in [0.717, 1.165) is 6.42 Å². The molecule has 1 aliphatic heterocycles. The lowest BCUT2D eigenvalue weighted by Crippen LogP contribution is -2.52. The molecule has 0 aromatic heterocycles. The molecule has 1 heterocycles. The molecule has 1 fully saturated rings. The highest BCUT2D eigenvalue weighted by Crippen LogP contribution is 2.15. The smallest absolute Gasteiger partial charge is 0.328 e. The molecule has 184 valence electrons. The number of esters is 1. The number of hydrogen-bond acceptors (Lipinski definition) is 7. The number of rotatable bonds is 14. The van der Waals surface area contributed by atoms with Gasteiger partial charge in [-0.1, -0.05) is 34.1 Å². The Balaban J connectivity index is 2.79. The number of ether oxygens (including phenoxy) is 2. The maximum absolute atomic E-state index is 12.9. The second-order valence-electron chi connectivity index (χ2n) is 8.52. The first-order valence-corrected chi connectivity index (χ1v) is 12.6. The maximum Gasteiger partial charge on any atom is 0.328 e. The van der Waals surface area contributed by atoms with E-state index in [1.807, 2.05) is 34.0 Å². The lowest BCUT2D eigenvalue weighted by molar-refractivity contribution is -0.148. The summed E-state index contributed by atoms with van der Waals surface area (Å²) in [6.45, 7) is 7.89.